The van der Waals surface area contributed by atoms with Gasteiger partial charge in [-0.05, 0) is 43.0 Å². The van der Waals surface area contributed by atoms with Crippen LogP contribution in [0.4, 0.5) is 0 Å². The molecule has 1 aliphatic heterocycles. The maximum atomic E-state index is 3.70. The van der Waals surface area contributed by atoms with Crippen LogP contribution in [0.3, 0.4) is 0 Å². The molecule has 20 heavy (non-hydrogen) atoms. The second-order valence-corrected chi connectivity index (χ2v) is 7.93. The highest BCUT2D eigenvalue weighted by Gasteiger charge is 2.47. The van der Waals surface area contributed by atoms with Gasteiger partial charge in [0.1, 0.15) is 0 Å². The Morgan fingerprint density at radius 3 is 2.80 bits per heavy atom. The minimum absolute atomic E-state index is 0.466. The second kappa shape index (κ2) is 5.43. The summed E-state index contributed by atoms with van der Waals surface area (Å²) in [6.07, 6.45) is 10.0. The number of nitrogens with zero attached hydrogens (tertiary/aromatic N) is 1. The van der Waals surface area contributed by atoms with Gasteiger partial charge in [-0.15, -0.1) is 11.3 Å². The zero-order chi connectivity index (χ0) is 13.4. The van der Waals surface area contributed by atoms with E-state index in [1.54, 1.807) is 4.88 Å². The normalized spacial score (nSPS) is 28.6. The lowest BCUT2D eigenvalue weighted by Gasteiger charge is -2.53. The molecule has 4 rings (SSSR count). The number of thiophene rings is 1. The molecule has 2 heterocycles. The minimum atomic E-state index is 0.466. The van der Waals surface area contributed by atoms with E-state index in [1.165, 1.54) is 64.6 Å². The summed E-state index contributed by atoms with van der Waals surface area (Å²) in [5.74, 6) is 0.936. The van der Waals surface area contributed by atoms with Gasteiger partial charge in [0.15, 0.2) is 0 Å². The van der Waals surface area contributed by atoms with Crippen molar-refractivity contribution < 1.29 is 0 Å². The van der Waals surface area contributed by atoms with Crippen LogP contribution in [0.15, 0.2) is 17.5 Å². The van der Waals surface area contributed by atoms with E-state index in [2.05, 4.69) is 27.7 Å². The summed E-state index contributed by atoms with van der Waals surface area (Å²) in [7, 11) is 0. The first-order valence-corrected chi connectivity index (χ1v) is 9.28. The van der Waals surface area contributed by atoms with Crippen molar-refractivity contribution in [2.24, 2.45) is 5.92 Å². The first kappa shape index (κ1) is 13.3. The smallest absolute Gasteiger partial charge is 0.0476 e. The summed E-state index contributed by atoms with van der Waals surface area (Å²) in [6, 6.07) is 5.34. The SMILES string of the molecule is c1csc(C(C2CC2)N2CCNCC23CCCCC3)c1. The summed E-state index contributed by atoms with van der Waals surface area (Å²) >= 11 is 1.98. The van der Waals surface area contributed by atoms with Gasteiger partial charge in [-0.2, -0.15) is 0 Å². The molecule has 3 heteroatoms. The average molecular weight is 290 g/mol. The van der Waals surface area contributed by atoms with Crippen molar-refractivity contribution in [2.45, 2.75) is 56.5 Å². The Kier molecular flexibility index (Phi) is 3.61. The standard InChI is InChI=1S/C17H26N2S/c1-2-8-17(9-3-1)13-18-10-11-19(17)16(14-6-7-14)15-5-4-12-20-15/h4-5,12,14,16,18H,1-3,6-11,13H2. The van der Waals surface area contributed by atoms with Gasteiger partial charge < -0.3 is 5.32 Å². The highest BCUT2D eigenvalue weighted by Crippen LogP contribution is 2.50. The molecule has 2 saturated carbocycles. The fraction of sp³-hybridized carbons (Fsp3) is 0.765. The highest BCUT2D eigenvalue weighted by molar-refractivity contribution is 7.10. The van der Waals surface area contributed by atoms with Crippen molar-refractivity contribution >= 4 is 11.3 Å². The van der Waals surface area contributed by atoms with E-state index in [1.807, 2.05) is 11.3 Å². The lowest BCUT2D eigenvalue weighted by atomic mass is 9.77. The largest absolute Gasteiger partial charge is 0.314 e. The molecule has 0 amide bonds. The number of nitrogens with one attached hydrogen (secondary N) is 1. The van der Waals surface area contributed by atoms with E-state index in [0.29, 0.717) is 5.54 Å². The third-order valence-corrected chi connectivity index (χ3v) is 6.56. The van der Waals surface area contributed by atoms with E-state index in [-0.39, 0.29) is 0 Å². The molecule has 0 bridgehead atoms. The summed E-state index contributed by atoms with van der Waals surface area (Å²) in [5.41, 5.74) is 0.466. The summed E-state index contributed by atoms with van der Waals surface area (Å²) in [5, 5.41) is 5.96. The van der Waals surface area contributed by atoms with Crippen LogP contribution in [0.2, 0.25) is 0 Å². The number of hydrogen-bond donors (Lipinski definition) is 1. The van der Waals surface area contributed by atoms with Gasteiger partial charge in [0, 0.05) is 36.1 Å². The molecule has 2 nitrogen and oxygen atoms in total. The Balaban J connectivity index is 1.65. The predicted octanol–water partition coefficient (Wildman–Crippen LogP) is 3.81. The molecule has 1 unspecified atom stereocenters. The van der Waals surface area contributed by atoms with E-state index in [9.17, 15) is 0 Å². The number of piperazine rings is 1. The van der Waals surface area contributed by atoms with Crippen LogP contribution in [-0.2, 0) is 0 Å². The quantitative estimate of drug-likeness (QED) is 0.910. The molecular weight excluding hydrogens is 264 g/mol. The Labute approximate surface area is 126 Å². The van der Waals surface area contributed by atoms with Gasteiger partial charge >= 0.3 is 0 Å². The third-order valence-electron chi connectivity index (χ3n) is 5.62. The Bertz CT molecular complexity index is 424. The molecule has 0 radical (unpaired) electrons. The zero-order valence-corrected chi connectivity index (χ0v) is 13.1. The lowest BCUT2D eigenvalue weighted by Crippen LogP contribution is -2.62. The van der Waals surface area contributed by atoms with Crippen molar-refractivity contribution in [1.82, 2.24) is 10.2 Å². The Morgan fingerprint density at radius 1 is 1.25 bits per heavy atom. The molecule has 1 aromatic heterocycles. The van der Waals surface area contributed by atoms with Gasteiger partial charge in [0.05, 0.1) is 0 Å². The van der Waals surface area contributed by atoms with Crippen LogP contribution < -0.4 is 5.32 Å². The molecule has 1 aromatic rings. The van der Waals surface area contributed by atoms with E-state index >= 15 is 0 Å². The monoisotopic (exact) mass is 290 g/mol. The molecule has 1 N–H and O–H groups in total. The van der Waals surface area contributed by atoms with Crippen molar-refractivity contribution in [2.75, 3.05) is 19.6 Å². The maximum absolute atomic E-state index is 3.70. The van der Waals surface area contributed by atoms with Crippen LogP contribution in [-0.4, -0.2) is 30.1 Å². The lowest BCUT2D eigenvalue weighted by molar-refractivity contribution is -0.0146. The maximum Gasteiger partial charge on any atom is 0.0476 e. The van der Waals surface area contributed by atoms with Crippen molar-refractivity contribution in [1.29, 1.82) is 0 Å². The van der Waals surface area contributed by atoms with Crippen molar-refractivity contribution in [3.8, 4) is 0 Å². The molecule has 110 valence electrons. The van der Waals surface area contributed by atoms with E-state index in [4.69, 9.17) is 0 Å². The van der Waals surface area contributed by atoms with Crippen LogP contribution in [0.1, 0.15) is 55.9 Å². The summed E-state index contributed by atoms with van der Waals surface area (Å²) in [4.78, 5) is 4.56. The zero-order valence-electron chi connectivity index (χ0n) is 12.3. The molecule has 3 aliphatic rings. The average Bonchev–Trinajstić information content (AvgIpc) is 3.17. The molecule has 3 fully saturated rings. The number of hydrogen-bond acceptors (Lipinski definition) is 3. The Hall–Kier alpha value is -0.380. The molecular formula is C17H26N2S. The van der Waals surface area contributed by atoms with Crippen molar-refractivity contribution in [3.05, 3.63) is 22.4 Å². The van der Waals surface area contributed by atoms with Crippen LogP contribution >= 0.6 is 11.3 Å². The van der Waals surface area contributed by atoms with Crippen LogP contribution in [0.25, 0.3) is 0 Å². The highest BCUT2D eigenvalue weighted by atomic mass is 32.1. The van der Waals surface area contributed by atoms with Gasteiger partial charge in [-0.1, -0.05) is 25.3 Å². The Morgan fingerprint density at radius 2 is 2.10 bits per heavy atom. The van der Waals surface area contributed by atoms with Crippen LogP contribution in [0, 0.1) is 5.92 Å². The fourth-order valence-electron chi connectivity index (χ4n) is 4.48. The second-order valence-electron chi connectivity index (χ2n) is 6.95. The summed E-state index contributed by atoms with van der Waals surface area (Å²) < 4.78 is 0. The number of rotatable bonds is 3. The molecule has 2 aliphatic carbocycles. The minimum Gasteiger partial charge on any atom is -0.314 e. The van der Waals surface area contributed by atoms with Crippen LogP contribution in [0.5, 0.6) is 0 Å². The fourth-order valence-corrected chi connectivity index (χ4v) is 5.41. The van der Waals surface area contributed by atoms with Gasteiger partial charge in [-0.3, -0.25) is 4.90 Å². The summed E-state index contributed by atoms with van der Waals surface area (Å²) in [6.45, 7) is 3.65. The third kappa shape index (κ3) is 2.34. The van der Waals surface area contributed by atoms with Crippen molar-refractivity contribution in [3.63, 3.8) is 0 Å². The predicted molar refractivity (Wildman–Crippen MR) is 85.2 cm³/mol. The molecule has 0 aromatic carbocycles. The van der Waals surface area contributed by atoms with Gasteiger partial charge in [0.25, 0.3) is 0 Å². The van der Waals surface area contributed by atoms with E-state index in [0.717, 1.165) is 12.0 Å². The first-order valence-electron chi connectivity index (χ1n) is 8.40. The topological polar surface area (TPSA) is 15.3 Å². The first-order chi connectivity index (χ1) is 9.89. The van der Waals surface area contributed by atoms with E-state index < -0.39 is 0 Å². The molecule has 1 spiro atoms. The van der Waals surface area contributed by atoms with Gasteiger partial charge in [-0.25, -0.2) is 0 Å². The molecule has 1 atom stereocenters. The molecule has 1 saturated heterocycles. The van der Waals surface area contributed by atoms with Gasteiger partial charge in [0.2, 0.25) is 0 Å².